The summed E-state index contributed by atoms with van der Waals surface area (Å²) in [5.41, 5.74) is 0.484. The van der Waals surface area contributed by atoms with Crippen molar-refractivity contribution in [2.75, 3.05) is 34.4 Å². The van der Waals surface area contributed by atoms with E-state index in [4.69, 9.17) is 14.2 Å². The highest BCUT2D eigenvalue weighted by Gasteiger charge is 2.42. The molecule has 1 heterocycles. The summed E-state index contributed by atoms with van der Waals surface area (Å²) in [4.78, 5) is 15.7. The van der Waals surface area contributed by atoms with Gasteiger partial charge in [0.2, 0.25) is 0 Å². The average molecular weight is 403 g/mol. The molecule has 4 rings (SSSR count). The third kappa shape index (κ3) is 4.04. The van der Waals surface area contributed by atoms with E-state index in [1.165, 1.54) is 38.5 Å². The lowest BCUT2D eigenvalue weighted by Crippen LogP contribution is -2.50. The van der Waals surface area contributed by atoms with Gasteiger partial charge in [-0.15, -0.1) is 0 Å². The van der Waals surface area contributed by atoms with E-state index in [-0.39, 0.29) is 11.9 Å². The number of nitrogens with one attached hydrogen (secondary N) is 1. The second-order valence-corrected chi connectivity index (χ2v) is 8.73. The number of carbonyl (C=O) groups is 1. The van der Waals surface area contributed by atoms with E-state index in [1.807, 2.05) is 0 Å². The van der Waals surface area contributed by atoms with Crippen molar-refractivity contribution in [1.29, 1.82) is 0 Å². The van der Waals surface area contributed by atoms with E-state index in [9.17, 15) is 4.79 Å². The molecule has 2 saturated carbocycles. The van der Waals surface area contributed by atoms with Crippen molar-refractivity contribution in [2.24, 2.45) is 11.8 Å². The largest absolute Gasteiger partial charge is 0.496 e. The fourth-order valence-corrected chi connectivity index (χ4v) is 5.88. The topological polar surface area (TPSA) is 60.0 Å². The van der Waals surface area contributed by atoms with Gasteiger partial charge in [0, 0.05) is 37.3 Å². The Morgan fingerprint density at radius 3 is 2.07 bits per heavy atom. The number of carbonyl (C=O) groups excluding carboxylic acids is 1. The molecule has 1 amide bonds. The van der Waals surface area contributed by atoms with Crippen LogP contribution in [0.1, 0.15) is 55.3 Å². The number of hydrogen-bond acceptors (Lipinski definition) is 5. The molecule has 0 aromatic heterocycles. The molecule has 1 aromatic rings. The number of rotatable bonds is 6. The third-order valence-corrected chi connectivity index (χ3v) is 7.19. The number of nitrogens with zero attached hydrogens (tertiary/aromatic N) is 1. The van der Waals surface area contributed by atoms with Crippen molar-refractivity contribution in [2.45, 2.75) is 57.0 Å². The smallest absolute Gasteiger partial charge is 0.255 e. The van der Waals surface area contributed by atoms with Crippen molar-refractivity contribution in [3.05, 3.63) is 17.7 Å². The minimum Gasteiger partial charge on any atom is -0.496 e. The molecule has 6 nitrogen and oxygen atoms in total. The second kappa shape index (κ2) is 8.82. The molecular formula is C23H34N2O4. The Hall–Kier alpha value is -1.95. The van der Waals surface area contributed by atoms with Crippen LogP contribution in [0.25, 0.3) is 0 Å². The molecule has 2 bridgehead atoms. The molecule has 0 unspecified atom stereocenters. The van der Waals surface area contributed by atoms with Gasteiger partial charge >= 0.3 is 0 Å². The minimum atomic E-state index is -0.113. The summed E-state index contributed by atoms with van der Waals surface area (Å²) in [6, 6.07) is 4.32. The Bertz CT molecular complexity index is 716. The number of methoxy groups -OCH3 is 3. The van der Waals surface area contributed by atoms with Gasteiger partial charge in [0.1, 0.15) is 5.75 Å². The monoisotopic (exact) mass is 402 g/mol. The molecule has 2 aliphatic carbocycles. The predicted octanol–water partition coefficient (Wildman–Crippen LogP) is 3.49. The summed E-state index contributed by atoms with van der Waals surface area (Å²) in [7, 11) is 4.71. The highest BCUT2D eigenvalue weighted by atomic mass is 16.5. The summed E-state index contributed by atoms with van der Waals surface area (Å²) in [5, 5.41) is 3.24. The Morgan fingerprint density at radius 1 is 0.897 bits per heavy atom. The zero-order valence-corrected chi connectivity index (χ0v) is 17.9. The van der Waals surface area contributed by atoms with Crippen LogP contribution in [0.4, 0.5) is 0 Å². The molecule has 3 fully saturated rings. The van der Waals surface area contributed by atoms with E-state index in [2.05, 4.69) is 10.2 Å². The van der Waals surface area contributed by atoms with Gasteiger partial charge in [-0.3, -0.25) is 9.69 Å². The van der Waals surface area contributed by atoms with Gasteiger partial charge in [-0.2, -0.15) is 0 Å². The van der Waals surface area contributed by atoms with Crippen molar-refractivity contribution < 1.29 is 19.0 Å². The number of amides is 1. The molecule has 1 saturated heterocycles. The van der Waals surface area contributed by atoms with Crippen LogP contribution in [-0.4, -0.2) is 57.3 Å². The Labute approximate surface area is 173 Å². The quantitative estimate of drug-likeness (QED) is 0.789. The summed E-state index contributed by atoms with van der Waals surface area (Å²) < 4.78 is 16.1. The summed E-state index contributed by atoms with van der Waals surface area (Å²) >= 11 is 0. The summed E-state index contributed by atoms with van der Waals surface area (Å²) in [5.74, 6) is 3.19. The van der Waals surface area contributed by atoms with Gasteiger partial charge in [0.15, 0.2) is 11.5 Å². The number of fused-ring (bicyclic) bond motifs is 2. The van der Waals surface area contributed by atoms with Gasteiger partial charge < -0.3 is 19.5 Å². The number of likely N-dealkylation sites (tertiary alicyclic amines) is 1. The van der Waals surface area contributed by atoms with Crippen molar-refractivity contribution in [1.82, 2.24) is 10.2 Å². The van der Waals surface area contributed by atoms with E-state index in [0.29, 0.717) is 22.8 Å². The fourth-order valence-electron chi connectivity index (χ4n) is 5.88. The maximum absolute atomic E-state index is 13.0. The summed E-state index contributed by atoms with van der Waals surface area (Å²) in [6.07, 6.45) is 9.36. The highest BCUT2D eigenvalue weighted by Crippen LogP contribution is 2.43. The normalized spacial score (nSPS) is 29.3. The molecular weight excluding hydrogens is 368 g/mol. The molecule has 1 N–H and O–H groups in total. The molecule has 0 radical (unpaired) electrons. The third-order valence-electron chi connectivity index (χ3n) is 7.19. The van der Waals surface area contributed by atoms with Crippen LogP contribution in [0.5, 0.6) is 17.2 Å². The Kier molecular flexibility index (Phi) is 6.18. The average Bonchev–Trinajstić information content (AvgIpc) is 3.20. The Balaban J connectivity index is 1.43. The number of ether oxygens (including phenoxy) is 3. The Morgan fingerprint density at radius 2 is 1.48 bits per heavy atom. The molecule has 0 spiro atoms. The first-order chi connectivity index (χ1) is 14.1. The maximum Gasteiger partial charge on any atom is 0.255 e. The van der Waals surface area contributed by atoms with E-state index in [1.54, 1.807) is 33.5 Å². The van der Waals surface area contributed by atoms with Crippen LogP contribution < -0.4 is 19.5 Å². The first-order valence-electron chi connectivity index (χ1n) is 11.0. The standard InChI is InChI=1S/C23H34N2O4/c1-27-19-13-21(29-3)20(28-2)12-18(19)23(26)24-17-10-11-25(14-17)22-15-6-4-7-16(22)9-5-8-15/h12-13,15-17,22H,4-11,14H2,1-3H3,(H,24,26)/t15?,16?,17-,22?/m0/s1. The van der Waals surface area contributed by atoms with Gasteiger partial charge in [0.25, 0.3) is 5.91 Å². The SMILES string of the molecule is COc1cc(OC)c(C(=O)N[C@H]2CCN(C3C4CCCC3CCC4)C2)cc1OC. The molecule has 160 valence electrons. The van der Waals surface area contributed by atoms with Crippen LogP contribution in [0, 0.1) is 11.8 Å². The first-order valence-corrected chi connectivity index (χ1v) is 11.0. The lowest BCUT2D eigenvalue weighted by atomic mass is 9.68. The fraction of sp³-hybridized carbons (Fsp3) is 0.696. The number of benzene rings is 1. The maximum atomic E-state index is 13.0. The van der Waals surface area contributed by atoms with Crippen LogP contribution in [0.2, 0.25) is 0 Å². The van der Waals surface area contributed by atoms with Crippen LogP contribution in [0.15, 0.2) is 12.1 Å². The lowest BCUT2D eigenvalue weighted by molar-refractivity contribution is 0.0346. The molecule has 1 aromatic carbocycles. The molecule has 1 atom stereocenters. The first kappa shape index (κ1) is 20.3. The van der Waals surface area contributed by atoms with Gasteiger partial charge in [-0.05, 0) is 43.9 Å². The van der Waals surface area contributed by atoms with E-state index in [0.717, 1.165) is 37.4 Å². The van der Waals surface area contributed by atoms with Gasteiger partial charge in [-0.25, -0.2) is 0 Å². The van der Waals surface area contributed by atoms with Crippen LogP contribution in [0.3, 0.4) is 0 Å². The summed E-state index contributed by atoms with van der Waals surface area (Å²) in [6.45, 7) is 2.05. The zero-order chi connectivity index (χ0) is 20.4. The van der Waals surface area contributed by atoms with Crippen molar-refractivity contribution >= 4 is 5.91 Å². The zero-order valence-electron chi connectivity index (χ0n) is 17.9. The molecule has 6 heteroatoms. The van der Waals surface area contributed by atoms with Gasteiger partial charge in [-0.1, -0.05) is 12.8 Å². The van der Waals surface area contributed by atoms with Gasteiger partial charge in [0.05, 0.1) is 26.9 Å². The minimum absolute atomic E-state index is 0.113. The van der Waals surface area contributed by atoms with Crippen LogP contribution >= 0.6 is 0 Å². The predicted molar refractivity (Wildman–Crippen MR) is 112 cm³/mol. The van der Waals surface area contributed by atoms with E-state index < -0.39 is 0 Å². The van der Waals surface area contributed by atoms with Crippen molar-refractivity contribution in [3.63, 3.8) is 0 Å². The molecule has 29 heavy (non-hydrogen) atoms. The lowest BCUT2D eigenvalue weighted by Gasteiger charge is -2.47. The molecule has 1 aliphatic heterocycles. The van der Waals surface area contributed by atoms with Crippen molar-refractivity contribution in [3.8, 4) is 17.2 Å². The number of hydrogen-bond donors (Lipinski definition) is 1. The highest BCUT2D eigenvalue weighted by molar-refractivity contribution is 5.98. The van der Waals surface area contributed by atoms with Crippen LogP contribution in [-0.2, 0) is 0 Å². The second-order valence-electron chi connectivity index (χ2n) is 8.73. The van der Waals surface area contributed by atoms with E-state index >= 15 is 0 Å². The molecule has 3 aliphatic rings.